The van der Waals surface area contributed by atoms with Crippen LogP contribution in [0.15, 0.2) is 97.3 Å². The smallest absolute Gasteiger partial charge is 0.251 e. The molecule has 4 aromatic carbocycles. The van der Waals surface area contributed by atoms with Crippen LogP contribution in [0.1, 0.15) is 96.3 Å². The molecule has 2 aliphatic carbocycles. The number of anilines is 6. The lowest BCUT2D eigenvalue weighted by molar-refractivity contribution is 0.0939. The minimum absolute atomic E-state index is 0.0360. The van der Waals surface area contributed by atoms with E-state index in [0.717, 1.165) is 87.7 Å². The molecule has 2 amide bonds. The van der Waals surface area contributed by atoms with Gasteiger partial charge in [-0.3, -0.25) is 9.59 Å². The van der Waals surface area contributed by atoms with Gasteiger partial charge in [-0.05, 0) is 141 Å². The number of rotatable bonds is 17. The second-order valence-corrected chi connectivity index (χ2v) is 20.9. The van der Waals surface area contributed by atoms with Crippen molar-refractivity contribution >= 4 is 57.5 Å². The number of ether oxygens (including phenoxy) is 1. The van der Waals surface area contributed by atoms with Crippen molar-refractivity contribution in [1.82, 2.24) is 39.8 Å². The maximum atomic E-state index is 12.6. The van der Waals surface area contributed by atoms with E-state index < -0.39 is 11.2 Å². The highest BCUT2D eigenvalue weighted by molar-refractivity contribution is 5.97. The summed E-state index contributed by atoms with van der Waals surface area (Å²) in [6.45, 7) is 15.3. The van der Waals surface area contributed by atoms with Crippen LogP contribution < -0.4 is 36.6 Å². The summed E-state index contributed by atoms with van der Waals surface area (Å²) in [6.07, 6.45) is 7.70. The lowest BCUT2D eigenvalue weighted by Crippen LogP contribution is -2.29. The van der Waals surface area contributed by atoms with Crippen molar-refractivity contribution < 1.29 is 29.6 Å². The van der Waals surface area contributed by atoms with E-state index in [9.17, 15) is 24.9 Å². The quantitative estimate of drug-likeness (QED) is 0.0413. The molecule has 18 nitrogen and oxygen atoms in total. The van der Waals surface area contributed by atoms with E-state index in [4.69, 9.17) is 14.9 Å². The number of carbonyl (C=O) groups excluding carboxylic acids is 2. The molecule has 0 bridgehead atoms. The number of nitrogens with zero attached hydrogens (tertiary/aromatic N) is 6. The summed E-state index contributed by atoms with van der Waals surface area (Å²) < 4.78 is 9.00. The highest BCUT2D eigenvalue weighted by Crippen LogP contribution is 2.34. The van der Waals surface area contributed by atoms with Crippen molar-refractivity contribution in [1.29, 1.82) is 0 Å². The predicted molar refractivity (Wildman–Crippen MR) is 294 cm³/mol. The Kier molecular flexibility index (Phi) is 14.4. The van der Waals surface area contributed by atoms with E-state index in [1.54, 1.807) is 68.4 Å². The van der Waals surface area contributed by atoms with Crippen LogP contribution in [0.5, 0.6) is 11.5 Å². The minimum atomic E-state index is -0.931. The molecule has 0 unspecified atom stereocenters. The van der Waals surface area contributed by atoms with Crippen LogP contribution in [0.3, 0.4) is 0 Å². The molecule has 4 aromatic heterocycles. The lowest BCUT2D eigenvalue weighted by atomic mass is 10.0. The largest absolute Gasteiger partial charge is 0.508 e. The monoisotopic (exact) mass is 1010 g/mol. The van der Waals surface area contributed by atoms with Gasteiger partial charge in [0.1, 0.15) is 11.5 Å². The highest BCUT2D eigenvalue weighted by Gasteiger charge is 2.27. The van der Waals surface area contributed by atoms with Gasteiger partial charge in [-0.25, -0.2) is 19.0 Å². The molecule has 0 spiro atoms. The summed E-state index contributed by atoms with van der Waals surface area (Å²) in [5.41, 5.74) is 10.5. The number of phenolic OH excluding ortho intramolecular Hbond substituents is 1. The fourth-order valence-corrected chi connectivity index (χ4v) is 8.48. The molecule has 18 heteroatoms. The Balaban J connectivity index is 0.000000184. The van der Waals surface area contributed by atoms with E-state index in [0.29, 0.717) is 70.5 Å². The topological polar surface area (TPSA) is 237 Å². The molecule has 4 heterocycles. The third kappa shape index (κ3) is 12.3. The zero-order valence-corrected chi connectivity index (χ0v) is 43.9. The average molecular weight is 1020 g/mol. The first-order chi connectivity index (χ1) is 35.7. The number of hydrogen-bond acceptors (Lipinski definition) is 14. The SMILES string of the molecule is COc1cccc(Nc2cc(NCC(C)(C)O)c3ncc(-c4ccc(C(=O)NC5CC5)c(C)c4)n3n2)c1C.Cc1cc(-c2cnc3c(NCC(C)(C)O)cc(Nc4cccc(O)c4C)nn23)ccc1C(=O)NC1CC1. The van der Waals surface area contributed by atoms with E-state index >= 15 is 0 Å². The third-order valence-electron chi connectivity index (χ3n) is 13.1. The maximum Gasteiger partial charge on any atom is 0.251 e. The van der Waals surface area contributed by atoms with Gasteiger partial charge in [0.15, 0.2) is 22.9 Å². The Hall–Kier alpha value is -8.22. The fraction of sp³-hybridized carbons (Fsp3) is 0.333. The normalized spacial score (nSPS) is 13.5. The lowest BCUT2D eigenvalue weighted by Gasteiger charge is -2.19. The number of nitrogens with one attached hydrogen (secondary N) is 6. The van der Waals surface area contributed by atoms with Crippen LogP contribution >= 0.6 is 0 Å². The Labute approximate surface area is 436 Å². The number of aromatic hydroxyl groups is 1. The van der Waals surface area contributed by atoms with Gasteiger partial charge in [-0.15, -0.1) is 10.2 Å². The maximum absolute atomic E-state index is 12.6. The number of fused-ring (bicyclic) bond motifs is 2. The molecule has 2 fully saturated rings. The number of phenols is 1. The number of methoxy groups -OCH3 is 1. The summed E-state index contributed by atoms with van der Waals surface area (Å²) in [5, 5.41) is 59.8. The van der Waals surface area contributed by atoms with Crippen molar-refractivity contribution in [2.75, 3.05) is 41.5 Å². The second kappa shape index (κ2) is 21.0. The molecule has 10 rings (SSSR count). The van der Waals surface area contributed by atoms with Crippen molar-refractivity contribution in [3.05, 3.63) is 131 Å². The molecule has 0 aliphatic heterocycles. The van der Waals surface area contributed by atoms with E-state index in [1.807, 2.05) is 100 Å². The molecular formula is C57H66N12O6. The van der Waals surface area contributed by atoms with Gasteiger partial charge in [-0.2, -0.15) is 0 Å². The molecule has 8 aromatic rings. The minimum Gasteiger partial charge on any atom is -0.508 e. The average Bonchev–Trinajstić information content (AvgIpc) is 4.28. The van der Waals surface area contributed by atoms with Crippen LogP contribution in [0, 0.1) is 27.7 Å². The van der Waals surface area contributed by atoms with Crippen LogP contribution in [0.25, 0.3) is 33.8 Å². The zero-order chi connectivity index (χ0) is 53.3. The number of amides is 2. The van der Waals surface area contributed by atoms with Crippen molar-refractivity contribution in [2.45, 2.75) is 104 Å². The summed E-state index contributed by atoms with van der Waals surface area (Å²) in [6, 6.07) is 26.9. The van der Waals surface area contributed by atoms with Crippen LogP contribution in [-0.2, 0) is 0 Å². The Bertz CT molecular complexity index is 3440. The van der Waals surface area contributed by atoms with Gasteiger partial charge in [0.25, 0.3) is 11.8 Å². The summed E-state index contributed by atoms with van der Waals surface area (Å²) >= 11 is 0. The molecular weight excluding hydrogens is 949 g/mol. The van der Waals surface area contributed by atoms with Gasteiger partial charge >= 0.3 is 0 Å². The second-order valence-electron chi connectivity index (χ2n) is 20.9. The summed E-state index contributed by atoms with van der Waals surface area (Å²) in [5.74, 6) is 2.02. The standard InChI is InChI=1S/C29H34N6O3.C28H32N6O3/c1-17-13-19(9-12-21(17)28(36)32-20-10-11-20)24-15-30-27-23(31-16-29(3,4)37)14-26(34-35(24)27)33-22-7-6-8-25(38-5)18(22)2;1-16-12-18(8-11-20(16)27(36)31-19-9-10-19)23-14-29-26-22(30-15-28(3,4)37)13-25(33-34(23)26)32-21-6-5-7-24(35)17(21)2/h6-9,12-15,20,31,37H,10-11,16H2,1-5H3,(H,32,36)(H,33,34);5-8,11-14,19,30,35,37H,9-10,15H2,1-4H3,(H,31,36)(H,32,33). The first-order valence-electron chi connectivity index (χ1n) is 25.2. The molecule has 390 valence electrons. The number of aromatic nitrogens is 6. The predicted octanol–water partition coefficient (Wildman–Crippen LogP) is 9.38. The number of carbonyl (C=O) groups is 2. The van der Waals surface area contributed by atoms with Crippen molar-refractivity contribution in [2.24, 2.45) is 0 Å². The van der Waals surface area contributed by atoms with Gasteiger partial charge in [0, 0.05) is 82.1 Å². The Morgan fingerprint density at radius 1 is 0.613 bits per heavy atom. The fourth-order valence-electron chi connectivity index (χ4n) is 8.48. The first-order valence-corrected chi connectivity index (χ1v) is 25.2. The third-order valence-corrected chi connectivity index (χ3v) is 13.1. The molecule has 75 heavy (non-hydrogen) atoms. The van der Waals surface area contributed by atoms with Gasteiger partial charge in [0.05, 0.1) is 53.5 Å². The van der Waals surface area contributed by atoms with Crippen molar-refractivity contribution in [3.8, 4) is 34.0 Å². The van der Waals surface area contributed by atoms with Gasteiger partial charge < -0.3 is 52.0 Å². The number of benzene rings is 4. The van der Waals surface area contributed by atoms with E-state index in [1.165, 1.54) is 0 Å². The number of aryl methyl sites for hydroxylation is 2. The molecule has 9 N–H and O–H groups in total. The van der Waals surface area contributed by atoms with Gasteiger partial charge in [-0.1, -0.05) is 24.3 Å². The van der Waals surface area contributed by atoms with E-state index in [-0.39, 0.29) is 17.6 Å². The molecule has 0 radical (unpaired) electrons. The summed E-state index contributed by atoms with van der Waals surface area (Å²) in [7, 11) is 1.65. The van der Waals surface area contributed by atoms with Crippen LogP contribution in [0.4, 0.5) is 34.4 Å². The van der Waals surface area contributed by atoms with Gasteiger partial charge in [0.2, 0.25) is 0 Å². The Morgan fingerprint density at radius 3 is 1.47 bits per heavy atom. The molecule has 2 saturated carbocycles. The number of aliphatic hydroxyl groups is 2. The first kappa shape index (κ1) is 51.7. The molecule has 2 aliphatic rings. The van der Waals surface area contributed by atoms with E-state index in [2.05, 4.69) is 41.9 Å². The van der Waals surface area contributed by atoms with Crippen LogP contribution in [-0.4, -0.2) is 99.8 Å². The molecule has 0 saturated heterocycles. The number of hydrogen-bond donors (Lipinski definition) is 9. The van der Waals surface area contributed by atoms with Crippen molar-refractivity contribution in [3.63, 3.8) is 0 Å². The molecule has 0 atom stereocenters. The van der Waals surface area contributed by atoms with Crippen LogP contribution in [0.2, 0.25) is 0 Å². The Morgan fingerprint density at radius 2 is 1.05 bits per heavy atom. The zero-order valence-electron chi connectivity index (χ0n) is 43.9. The highest BCUT2D eigenvalue weighted by atomic mass is 16.5. The number of imidazole rings is 2. The summed E-state index contributed by atoms with van der Waals surface area (Å²) in [4.78, 5) is 34.5.